The van der Waals surface area contributed by atoms with Crippen molar-refractivity contribution in [2.75, 3.05) is 11.9 Å². The molecule has 1 fully saturated rings. The maximum atomic E-state index is 11.8. The number of rotatable bonds is 4. The van der Waals surface area contributed by atoms with Crippen LogP contribution in [0.1, 0.15) is 31.2 Å². The monoisotopic (exact) mass is 285 g/mol. The lowest BCUT2D eigenvalue weighted by molar-refractivity contribution is -0.148. The van der Waals surface area contributed by atoms with Crippen molar-refractivity contribution >= 4 is 23.4 Å². The molecule has 0 unspecified atom stereocenters. The molecular weight excluding hydrogens is 270 g/mol. The fourth-order valence-electron chi connectivity index (χ4n) is 2.15. The molecule has 3 amide bonds. The van der Waals surface area contributed by atoms with Gasteiger partial charge in [0.15, 0.2) is 0 Å². The first-order chi connectivity index (χ1) is 10.1. The number of anilines is 1. The lowest BCUT2D eigenvalue weighted by atomic mass is 10.1. The zero-order valence-corrected chi connectivity index (χ0v) is 11.5. The Morgan fingerprint density at radius 2 is 2.00 bits per heavy atom. The Bertz CT molecular complexity index is 603. The van der Waals surface area contributed by atoms with E-state index in [-0.39, 0.29) is 30.7 Å². The summed E-state index contributed by atoms with van der Waals surface area (Å²) < 4.78 is 0. The number of carbonyl (C=O) groups excluding carboxylic acids is 3. The fraction of sp³-hybridized carbons (Fsp3) is 0.333. The third kappa shape index (κ3) is 3.89. The third-order valence-corrected chi connectivity index (χ3v) is 3.22. The Kier molecular flexibility index (Phi) is 4.67. The predicted octanol–water partition coefficient (Wildman–Crippen LogP) is 1.43. The number of nitrogens with zero attached hydrogens (tertiary/aromatic N) is 2. The van der Waals surface area contributed by atoms with Crippen LogP contribution in [-0.2, 0) is 14.4 Å². The lowest BCUT2D eigenvalue weighted by Gasteiger charge is -2.24. The second kappa shape index (κ2) is 6.66. The van der Waals surface area contributed by atoms with Crippen molar-refractivity contribution in [3.63, 3.8) is 0 Å². The molecule has 1 aliphatic rings. The van der Waals surface area contributed by atoms with E-state index >= 15 is 0 Å². The molecule has 0 bridgehead atoms. The molecule has 0 atom stereocenters. The Morgan fingerprint density at radius 3 is 2.67 bits per heavy atom. The Hall–Kier alpha value is -2.68. The molecule has 0 saturated carbocycles. The molecule has 1 aromatic rings. The molecule has 108 valence electrons. The molecule has 0 aliphatic carbocycles. The standard InChI is InChI=1S/C15H15N3O3/c16-10-11-3-1-4-12(9-11)17-13(19)7-8-18-14(20)5-2-6-15(18)21/h1,3-4,9H,2,5-8H2,(H,17,19). The van der Waals surface area contributed by atoms with Crippen LogP contribution in [0.4, 0.5) is 5.69 Å². The minimum absolute atomic E-state index is 0.0499. The minimum atomic E-state index is -0.295. The molecule has 6 heteroatoms. The fourth-order valence-corrected chi connectivity index (χ4v) is 2.15. The van der Waals surface area contributed by atoms with Gasteiger partial charge in [0, 0.05) is 31.5 Å². The number of nitriles is 1. The third-order valence-electron chi connectivity index (χ3n) is 3.22. The number of piperidine rings is 1. The molecular formula is C15H15N3O3. The summed E-state index contributed by atoms with van der Waals surface area (Å²) >= 11 is 0. The normalized spacial score (nSPS) is 14.7. The van der Waals surface area contributed by atoms with Gasteiger partial charge in [-0.3, -0.25) is 19.3 Å². The number of hydrogen-bond acceptors (Lipinski definition) is 4. The second-order valence-electron chi connectivity index (χ2n) is 4.78. The van der Waals surface area contributed by atoms with Crippen LogP contribution in [0.3, 0.4) is 0 Å². The second-order valence-corrected chi connectivity index (χ2v) is 4.78. The molecule has 1 aliphatic heterocycles. The quantitative estimate of drug-likeness (QED) is 0.847. The smallest absolute Gasteiger partial charge is 0.229 e. The van der Waals surface area contributed by atoms with E-state index in [2.05, 4.69) is 5.32 Å². The highest BCUT2D eigenvalue weighted by Crippen LogP contribution is 2.13. The number of amides is 3. The van der Waals surface area contributed by atoms with Gasteiger partial charge in [-0.15, -0.1) is 0 Å². The van der Waals surface area contributed by atoms with Gasteiger partial charge in [-0.05, 0) is 24.6 Å². The first-order valence-electron chi connectivity index (χ1n) is 6.73. The van der Waals surface area contributed by atoms with E-state index in [0.29, 0.717) is 30.5 Å². The Balaban J connectivity index is 1.88. The predicted molar refractivity (Wildman–Crippen MR) is 75.0 cm³/mol. The molecule has 0 radical (unpaired) electrons. The van der Waals surface area contributed by atoms with Gasteiger partial charge >= 0.3 is 0 Å². The van der Waals surface area contributed by atoms with Crippen LogP contribution >= 0.6 is 0 Å². The van der Waals surface area contributed by atoms with E-state index < -0.39 is 0 Å². The highest BCUT2D eigenvalue weighted by molar-refractivity contribution is 5.98. The Morgan fingerprint density at radius 1 is 1.29 bits per heavy atom. The van der Waals surface area contributed by atoms with Crippen LogP contribution < -0.4 is 5.32 Å². The average molecular weight is 285 g/mol. The first-order valence-corrected chi connectivity index (χ1v) is 6.73. The summed E-state index contributed by atoms with van der Waals surface area (Å²) in [4.78, 5) is 36.2. The van der Waals surface area contributed by atoms with E-state index in [1.54, 1.807) is 24.3 Å². The zero-order valence-electron chi connectivity index (χ0n) is 11.5. The van der Waals surface area contributed by atoms with Crippen molar-refractivity contribution in [1.82, 2.24) is 4.90 Å². The lowest BCUT2D eigenvalue weighted by Crippen LogP contribution is -2.41. The van der Waals surface area contributed by atoms with Crippen molar-refractivity contribution < 1.29 is 14.4 Å². The van der Waals surface area contributed by atoms with Crippen molar-refractivity contribution in [3.8, 4) is 6.07 Å². The summed E-state index contributed by atoms with van der Waals surface area (Å²) in [5, 5.41) is 11.4. The summed E-state index contributed by atoms with van der Waals surface area (Å²) in [7, 11) is 0. The molecule has 1 saturated heterocycles. The summed E-state index contributed by atoms with van der Waals surface area (Å²) in [6.45, 7) is 0.0987. The van der Waals surface area contributed by atoms with Gasteiger partial charge in [-0.25, -0.2) is 0 Å². The van der Waals surface area contributed by atoms with E-state index in [9.17, 15) is 14.4 Å². The maximum Gasteiger partial charge on any atom is 0.229 e. The summed E-state index contributed by atoms with van der Waals surface area (Å²) in [6.07, 6.45) is 1.35. The molecule has 1 aromatic carbocycles. The molecule has 21 heavy (non-hydrogen) atoms. The van der Waals surface area contributed by atoms with Crippen molar-refractivity contribution in [2.24, 2.45) is 0 Å². The molecule has 2 rings (SSSR count). The van der Waals surface area contributed by atoms with Crippen LogP contribution in [0.5, 0.6) is 0 Å². The van der Waals surface area contributed by atoms with Gasteiger partial charge in [-0.2, -0.15) is 5.26 Å². The number of benzene rings is 1. The highest BCUT2D eigenvalue weighted by Gasteiger charge is 2.25. The molecule has 0 aromatic heterocycles. The van der Waals surface area contributed by atoms with E-state index in [0.717, 1.165) is 4.90 Å². The summed E-state index contributed by atoms with van der Waals surface area (Å²) in [5.41, 5.74) is 0.976. The Labute approximate surface area is 122 Å². The van der Waals surface area contributed by atoms with Crippen LogP contribution in [0.2, 0.25) is 0 Å². The van der Waals surface area contributed by atoms with Gasteiger partial charge < -0.3 is 5.32 Å². The van der Waals surface area contributed by atoms with Gasteiger partial charge in [0.1, 0.15) is 0 Å². The van der Waals surface area contributed by atoms with Gasteiger partial charge in [0.05, 0.1) is 11.6 Å². The summed E-state index contributed by atoms with van der Waals surface area (Å²) in [5.74, 6) is -0.729. The molecule has 0 spiro atoms. The van der Waals surface area contributed by atoms with Crippen LogP contribution in [0, 0.1) is 11.3 Å². The first kappa shape index (κ1) is 14.7. The van der Waals surface area contributed by atoms with Gasteiger partial charge in [0.25, 0.3) is 0 Å². The number of likely N-dealkylation sites (tertiary alicyclic amines) is 1. The van der Waals surface area contributed by atoms with Crippen molar-refractivity contribution in [2.45, 2.75) is 25.7 Å². The SMILES string of the molecule is N#Cc1cccc(NC(=O)CCN2C(=O)CCCC2=O)c1. The van der Waals surface area contributed by atoms with Crippen LogP contribution in [0.25, 0.3) is 0 Å². The van der Waals surface area contributed by atoms with Gasteiger partial charge in [0.2, 0.25) is 17.7 Å². The zero-order chi connectivity index (χ0) is 15.2. The largest absolute Gasteiger partial charge is 0.326 e. The maximum absolute atomic E-state index is 11.8. The highest BCUT2D eigenvalue weighted by atomic mass is 16.2. The molecule has 6 nitrogen and oxygen atoms in total. The van der Waals surface area contributed by atoms with E-state index in [1.165, 1.54) is 0 Å². The number of hydrogen-bond donors (Lipinski definition) is 1. The van der Waals surface area contributed by atoms with Crippen LogP contribution in [0.15, 0.2) is 24.3 Å². The number of carbonyl (C=O) groups is 3. The van der Waals surface area contributed by atoms with Gasteiger partial charge in [-0.1, -0.05) is 6.07 Å². The molecule has 1 heterocycles. The van der Waals surface area contributed by atoms with Crippen LogP contribution in [-0.4, -0.2) is 29.2 Å². The number of nitrogens with one attached hydrogen (secondary N) is 1. The van der Waals surface area contributed by atoms with E-state index in [1.807, 2.05) is 6.07 Å². The minimum Gasteiger partial charge on any atom is -0.326 e. The summed E-state index contributed by atoms with van der Waals surface area (Å²) in [6, 6.07) is 8.54. The van der Waals surface area contributed by atoms with Crippen molar-refractivity contribution in [3.05, 3.63) is 29.8 Å². The average Bonchev–Trinajstić information content (AvgIpc) is 2.47. The molecule has 1 N–H and O–H groups in total. The topological polar surface area (TPSA) is 90.3 Å². The van der Waals surface area contributed by atoms with Crippen molar-refractivity contribution in [1.29, 1.82) is 5.26 Å². The van der Waals surface area contributed by atoms with E-state index in [4.69, 9.17) is 5.26 Å². The number of imide groups is 1.